The Labute approximate surface area is 143 Å². The molecule has 0 fully saturated rings. The van der Waals surface area contributed by atoms with Crippen molar-refractivity contribution in [2.75, 3.05) is 18.5 Å². The van der Waals surface area contributed by atoms with Gasteiger partial charge in [-0.2, -0.15) is 5.10 Å². The highest BCUT2D eigenvalue weighted by Crippen LogP contribution is 2.32. The van der Waals surface area contributed by atoms with Crippen LogP contribution in [-0.4, -0.2) is 30.7 Å². The number of fused-ring (bicyclic) bond motifs is 1. The van der Waals surface area contributed by atoms with Gasteiger partial charge in [-0.25, -0.2) is 5.43 Å². The standard InChI is InChI=1S/C17H17N3O5/c1-11(19-20-17(22)14-3-2-6-23-14)9-16(21)18-12-4-5-13-15(10-12)25-8-7-24-13/h2-6,10H,7-9H2,1H3,(H,18,21)(H,20,22). The number of furan rings is 1. The fraction of sp³-hybridized carbons (Fsp3) is 0.235. The molecule has 2 amide bonds. The van der Waals surface area contributed by atoms with Crippen molar-refractivity contribution >= 4 is 23.2 Å². The van der Waals surface area contributed by atoms with Gasteiger partial charge < -0.3 is 19.2 Å². The van der Waals surface area contributed by atoms with E-state index in [1.807, 2.05) is 0 Å². The molecule has 25 heavy (non-hydrogen) atoms. The summed E-state index contributed by atoms with van der Waals surface area (Å²) in [5.41, 5.74) is 3.39. The third-order valence-corrected chi connectivity index (χ3v) is 3.34. The first-order chi connectivity index (χ1) is 12.1. The number of amides is 2. The summed E-state index contributed by atoms with van der Waals surface area (Å²) in [7, 11) is 0. The second-order valence-electron chi connectivity index (χ2n) is 5.35. The second kappa shape index (κ2) is 7.52. The van der Waals surface area contributed by atoms with Crippen molar-refractivity contribution in [1.82, 2.24) is 5.43 Å². The van der Waals surface area contributed by atoms with Gasteiger partial charge in [-0.15, -0.1) is 0 Å². The van der Waals surface area contributed by atoms with Gasteiger partial charge in [0, 0.05) is 17.5 Å². The van der Waals surface area contributed by atoms with Crippen LogP contribution in [0, 0.1) is 0 Å². The highest BCUT2D eigenvalue weighted by Gasteiger charge is 2.13. The number of nitrogens with one attached hydrogen (secondary N) is 2. The molecule has 0 radical (unpaired) electrons. The van der Waals surface area contributed by atoms with E-state index < -0.39 is 5.91 Å². The number of anilines is 1. The Morgan fingerprint density at radius 2 is 1.96 bits per heavy atom. The van der Waals surface area contributed by atoms with Gasteiger partial charge in [0.2, 0.25) is 5.91 Å². The normalized spacial score (nSPS) is 13.2. The Kier molecular flexibility index (Phi) is 4.98. The average molecular weight is 343 g/mol. The number of benzene rings is 1. The highest BCUT2D eigenvalue weighted by molar-refractivity contribution is 6.06. The molecule has 3 rings (SSSR count). The molecule has 0 spiro atoms. The zero-order chi connectivity index (χ0) is 17.6. The average Bonchev–Trinajstić information content (AvgIpc) is 3.14. The van der Waals surface area contributed by atoms with Crippen molar-refractivity contribution in [3.63, 3.8) is 0 Å². The molecule has 0 saturated heterocycles. The SMILES string of the molecule is CC(CC(=O)Nc1ccc2c(c1)OCCO2)=NNC(=O)c1ccco1. The number of hydrogen-bond acceptors (Lipinski definition) is 6. The zero-order valence-corrected chi connectivity index (χ0v) is 13.6. The van der Waals surface area contributed by atoms with Crippen LogP contribution in [0.1, 0.15) is 23.9 Å². The summed E-state index contributed by atoms with van der Waals surface area (Å²) in [6.45, 7) is 2.63. The molecule has 2 N–H and O–H groups in total. The molecular weight excluding hydrogens is 326 g/mol. The molecule has 8 nitrogen and oxygen atoms in total. The third kappa shape index (κ3) is 4.37. The van der Waals surface area contributed by atoms with E-state index in [1.54, 1.807) is 31.2 Å². The van der Waals surface area contributed by atoms with Crippen LogP contribution in [0.5, 0.6) is 11.5 Å². The summed E-state index contributed by atoms with van der Waals surface area (Å²) in [6.07, 6.45) is 1.43. The molecule has 1 aromatic carbocycles. The lowest BCUT2D eigenvalue weighted by molar-refractivity contribution is -0.115. The summed E-state index contributed by atoms with van der Waals surface area (Å²) >= 11 is 0. The van der Waals surface area contributed by atoms with Crippen molar-refractivity contribution in [3.8, 4) is 11.5 Å². The Morgan fingerprint density at radius 1 is 1.16 bits per heavy atom. The minimum absolute atomic E-state index is 0.0346. The highest BCUT2D eigenvalue weighted by atomic mass is 16.6. The Bertz CT molecular complexity index is 799. The predicted molar refractivity (Wildman–Crippen MR) is 90.0 cm³/mol. The summed E-state index contributed by atoms with van der Waals surface area (Å²) in [6, 6.07) is 8.31. The Balaban J connectivity index is 1.53. The van der Waals surface area contributed by atoms with E-state index in [0.29, 0.717) is 36.1 Å². The maximum absolute atomic E-state index is 12.1. The molecule has 130 valence electrons. The number of hydrogen-bond donors (Lipinski definition) is 2. The van der Waals surface area contributed by atoms with Gasteiger partial charge in [0.15, 0.2) is 17.3 Å². The predicted octanol–water partition coefficient (Wildman–Crippen LogP) is 2.19. The molecule has 2 aromatic rings. The number of carbonyl (C=O) groups excluding carboxylic acids is 2. The third-order valence-electron chi connectivity index (χ3n) is 3.34. The lowest BCUT2D eigenvalue weighted by Gasteiger charge is -2.19. The fourth-order valence-corrected chi connectivity index (χ4v) is 2.21. The molecule has 1 aromatic heterocycles. The first kappa shape index (κ1) is 16.6. The molecule has 0 unspecified atom stereocenters. The van der Waals surface area contributed by atoms with Crippen molar-refractivity contribution in [2.45, 2.75) is 13.3 Å². The number of nitrogens with zero attached hydrogens (tertiary/aromatic N) is 1. The molecule has 0 atom stereocenters. The fourth-order valence-electron chi connectivity index (χ4n) is 2.21. The van der Waals surface area contributed by atoms with Gasteiger partial charge in [-0.05, 0) is 31.2 Å². The van der Waals surface area contributed by atoms with Gasteiger partial charge >= 0.3 is 5.91 Å². The second-order valence-corrected chi connectivity index (χ2v) is 5.35. The molecule has 1 aliphatic rings. The van der Waals surface area contributed by atoms with E-state index in [9.17, 15) is 9.59 Å². The quantitative estimate of drug-likeness (QED) is 0.640. The van der Waals surface area contributed by atoms with Crippen LogP contribution in [0.2, 0.25) is 0 Å². The van der Waals surface area contributed by atoms with Crippen molar-refractivity contribution < 1.29 is 23.5 Å². The summed E-state index contributed by atoms with van der Waals surface area (Å²) < 4.78 is 15.8. The molecule has 0 bridgehead atoms. The van der Waals surface area contributed by atoms with Gasteiger partial charge in [0.05, 0.1) is 12.7 Å². The van der Waals surface area contributed by atoms with Gasteiger partial charge in [0.1, 0.15) is 13.2 Å². The molecular formula is C17H17N3O5. The summed E-state index contributed by atoms with van der Waals surface area (Å²) in [5.74, 6) is 0.668. The molecule has 2 heterocycles. The number of hydrazone groups is 1. The van der Waals surface area contributed by atoms with Gasteiger partial charge in [-0.3, -0.25) is 9.59 Å². The van der Waals surface area contributed by atoms with Gasteiger partial charge in [-0.1, -0.05) is 0 Å². The minimum Gasteiger partial charge on any atom is -0.486 e. The van der Waals surface area contributed by atoms with Crippen LogP contribution in [0.25, 0.3) is 0 Å². The van der Waals surface area contributed by atoms with Crippen LogP contribution in [-0.2, 0) is 4.79 Å². The van der Waals surface area contributed by atoms with Crippen LogP contribution >= 0.6 is 0 Å². The molecule has 1 aliphatic heterocycles. The lowest BCUT2D eigenvalue weighted by atomic mass is 10.2. The molecule has 0 aliphatic carbocycles. The van der Waals surface area contributed by atoms with E-state index in [2.05, 4.69) is 15.8 Å². The van der Waals surface area contributed by atoms with Crippen LogP contribution in [0.3, 0.4) is 0 Å². The molecule has 8 heteroatoms. The smallest absolute Gasteiger partial charge is 0.307 e. The maximum atomic E-state index is 12.1. The first-order valence-electron chi connectivity index (χ1n) is 7.68. The van der Waals surface area contributed by atoms with Crippen LogP contribution in [0.4, 0.5) is 5.69 Å². The summed E-state index contributed by atoms with van der Waals surface area (Å²) in [5, 5.41) is 6.64. The van der Waals surface area contributed by atoms with E-state index in [-0.39, 0.29) is 18.1 Å². The number of rotatable bonds is 5. The van der Waals surface area contributed by atoms with Crippen LogP contribution < -0.4 is 20.2 Å². The monoisotopic (exact) mass is 343 g/mol. The largest absolute Gasteiger partial charge is 0.486 e. The minimum atomic E-state index is -0.475. The number of ether oxygens (including phenoxy) is 2. The topological polar surface area (TPSA) is 102 Å². The summed E-state index contributed by atoms with van der Waals surface area (Å²) in [4.78, 5) is 23.8. The van der Waals surface area contributed by atoms with Gasteiger partial charge in [0.25, 0.3) is 0 Å². The maximum Gasteiger partial charge on any atom is 0.307 e. The Hall–Kier alpha value is -3.29. The lowest BCUT2D eigenvalue weighted by Crippen LogP contribution is -2.21. The Morgan fingerprint density at radius 3 is 2.72 bits per heavy atom. The van der Waals surface area contributed by atoms with E-state index >= 15 is 0 Å². The number of carbonyl (C=O) groups is 2. The van der Waals surface area contributed by atoms with E-state index in [1.165, 1.54) is 12.3 Å². The van der Waals surface area contributed by atoms with E-state index in [4.69, 9.17) is 13.9 Å². The first-order valence-corrected chi connectivity index (χ1v) is 7.68. The van der Waals surface area contributed by atoms with Crippen molar-refractivity contribution in [1.29, 1.82) is 0 Å². The molecule has 0 saturated carbocycles. The van der Waals surface area contributed by atoms with Crippen molar-refractivity contribution in [3.05, 3.63) is 42.4 Å². The van der Waals surface area contributed by atoms with Crippen molar-refractivity contribution in [2.24, 2.45) is 5.10 Å². The van der Waals surface area contributed by atoms with E-state index in [0.717, 1.165) is 0 Å². The zero-order valence-electron chi connectivity index (χ0n) is 13.6. The van der Waals surface area contributed by atoms with Crippen LogP contribution in [0.15, 0.2) is 46.1 Å².